The Morgan fingerprint density at radius 2 is 1.89 bits per heavy atom. The minimum atomic E-state index is -4.02. The highest BCUT2D eigenvalue weighted by atomic mass is 32.2. The van der Waals surface area contributed by atoms with E-state index in [4.69, 9.17) is 13.9 Å². The summed E-state index contributed by atoms with van der Waals surface area (Å²) in [4.78, 5) is 17.3. The molecule has 1 aromatic heterocycles. The van der Waals surface area contributed by atoms with Crippen molar-refractivity contribution in [2.24, 2.45) is 0 Å². The number of benzene rings is 1. The van der Waals surface area contributed by atoms with Crippen molar-refractivity contribution in [2.75, 3.05) is 59.1 Å². The largest absolute Gasteiger partial charge is 0.467 e. The van der Waals surface area contributed by atoms with Crippen LogP contribution in [-0.4, -0.2) is 93.6 Å². The van der Waals surface area contributed by atoms with Crippen molar-refractivity contribution in [2.45, 2.75) is 36.8 Å². The van der Waals surface area contributed by atoms with E-state index < -0.39 is 15.8 Å². The molecule has 2 saturated heterocycles. The topological polar surface area (TPSA) is 92.5 Å². The SMILES string of the molecule is O=C(CN(CCCN1CCOCC1)S(=O)(=O)c1ccc(F)cc1)N(Cc1ccco1)CC1CCCO1. The average Bonchev–Trinajstić information content (AvgIpc) is 3.58. The fourth-order valence-corrected chi connectivity index (χ4v) is 5.89. The fourth-order valence-electron chi connectivity index (χ4n) is 4.47. The van der Waals surface area contributed by atoms with E-state index in [2.05, 4.69) is 4.90 Å². The third kappa shape index (κ3) is 7.36. The van der Waals surface area contributed by atoms with Crippen molar-refractivity contribution in [1.82, 2.24) is 14.1 Å². The number of carbonyl (C=O) groups is 1. The lowest BCUT2D eigenvalue weighted by molar-refractivity contribution is -0.134. The molecule has 36 heavy (non-hydrogen) atoms. The Kier molecular flexibility index (Phi) is 9.49. The van der Waals surface area contributed by atoms with Crippen LogP contribution in [0, 0.1) is 5.82 Å². The second kappa shape index (κ2) is 12.8. The number of carbonyl (C=O) groups excluding carboxylic acids is 1. The Morgan fingerprint density at radius 3 is 2.56 bits per heavy atom. The molecule has 1 amide bonds. The predicted octanol–water partition coefficient (Wildman–Crippen LogP) is 2.34. The molecule has 9 nitrogen and oxygen atoms in total. The van der Waals surface area contributed by atoms with E-state index in [1.807, 2.05) is 0 Å². The van der Waals surface area contributed by atoms with Gasteiger partial charge >= 0.3 is 0 Å². The molecule has 0 bridgehead atoms. The maximum absolute atomic E-state index is 13.5. The number of nitrogens with zero attached hydrogens (tertiary/aromatic N) is 3. The Balaban J connectivity index is 1.49. The van der Waals surface area contributed by atoms with Crippen molar-refractivity contribution in [3.63, 3.8) is 0 Å². The van der Waals surface area contributed by atoms with Crippen LogP contribution in [0.3, 0.4) is 0 Å². The van der Waals surface area contributed by atoms with Gasteiger partial charge in [-0.15, -0.1) is 0 Å². The summed E-state index contributed by atoms with van der Waals surface area (Å²) in [7, 11) is -4.02. The summed E-state index contributed by atoms with van der Waals surface area (Å²) in [5.41, 5.74) is 0. The van der Waals surface area contributed by atoms with Gasteiger partial charge in [-0.3, -0.25) is 9.69 Å². The summed E-state index contributed by atoms with van der Waals surface area (Å²) >= 11 is 0. The maximum atomic E-state index is 13.5. The molecular formula is C25H34FN3O6S. The first kappa shape index (κ1) is 26.7. The van der Waals surface area contributed by atoms with Gasteiger partial charge in [-0.25, -0.2) is 12.8 Å². The third-order valence-corrected chi connectivity index (χ3v) is 8.34. The molecule has 0 N–H and O–H groups in total. The summed E-state index contributed by atoms with van der Waals surface area (Å²) in [6, 6.07) is 8.23. The number of hydrogen-bond donors (Lipinski definition) is 0. The van der Waals surface area contributed by atoms with E-state index in [0.717, 1.165) is 38.1 Å². The molecule has 1 atom stereocenters. The van der Waals surface area contributed by atoms with Crippen molar-refractivity contribution in [1.29, 1.82) is 0 Å². The average molecular weight is 524 g/mol. The molecule has 1 aromatic carbocycles. The number of hydrogen-bond acceptors (Lipinski definition) is 7. The van der Waals surface area contributed by atoms with E-state index >= 15 is 0 Å². The van der Waals surface area contributed by atoms with Crippen LogP contribution in [0.4, 0.5) is 4.39 Å². The lowest BCUT2D eigenvalue weighted by Gasteiger charge is -2.30. The van der Waals surface area contributed by atoms with Crippen molar-refractivity contribution in [3.8, 4) is 0 Å². The lowest BCUT2D eigenvalue weighted by Crippen LogP contribution is -2.46. The summed E-state index contributed by atoms with van der Waals surface area (Å²) in [5, 5.41) is 0. The number of morpholine rings is 1. The van der Waals surface area contributed by atoms with Crippen LogP contribution in [0.1, 0.15) is 25.0 Å². The van der Waals surface area contributed by atoms with Gasteiger partial charge in [-0.1, -0.05) is 0 Å². The van der Waals surface area contributed by atoms with E-state index in [1.54, 1.807) is 23.3 Å². The van der Waals surface area contributed by atoms with E-state index in [1.165, 1.54) is 16.4 Å². The van der Waals surface area contributed by atoms with E-state index in [0.29, 0.717) is 45.1 Å². The zero-order valence-electron chi connectivity index (χ0n) is 20.4. The Morgan fingerprint density at radius 1 is 1.11 bits per heavy atom. The van der Waals surface area contributed by atoms with Gasteiger partial charge < -0.3 is 18.8 Å². The molecule has 0 spiro atoms. The van der Waals surface area contributed by atoms with Gasteiger partial charge in [-0.05, 0) is 62.2 Å². The predicted molar refractivity (Wildman–Crippen MR) is 130 cm³/mol. The van der Waals surface area contributed by atoms with Crippen LogP contribution in [0.25, 0.3) is 0 Å². The van der Waals surface area contributed by atoms with Gasteiger partial charge in [0.05, 0.1) is 43.6 Å². The van der Waals surface area contributed by atoms with Crippen LogP contribution < -0.4 is 0 Å². The molecule has 0 radical (unpaired) electrons. The number of sulfonamides is 1. The van der Waals surface area contributed by atoms with Crippen molar-refractivity contribution < 1.29 is 31.5 Å². The molecule has 2 fully saturated rings. The molecule has 0 saturated carbocycles. The Hall–Kier alpha value is -2.31. The molecular weight excluding hydrogens is 489 g/mol. The van der Waals surface area contributed by atoms with Crippen LogP contribution in [0.5, 0.6) is 0 Å². The molecule has 2 aromatic rings. The van der Waals surface area contributed by atoms with Crippen LogP contribution in [0.2, 0.25) is 0 Å². The van der Waals surface area contributed by atoms with Crippen LogP contribution in [0.15, 0.2) is 52.0 Å². The van der Waals surface area contributed by atoms with Gasteiger partial charge in [-0.2, -0.15) is 4.31 Å². The first-order valence-electron chi connectivity index (χ1n) is 12.4. The smallest absolute Gasteiger partial charge is 0.243 e. The first-order valence-corrected chi connectivity index (χ1v) is 13.8. The van der Waals surface area contributed by atoms with E-state index in [9.17, 15) is 17.6 Å². The van der Waals surface area contributed by atoms with Gasteiger partial charge in [0.25, 0.3) is 0 Å². The maximum Gasteiger partial charge on any atom is 0.243 e. The number of furan rings is 1. The second-order valence-corrected chi connectivity index (χ2v) is 11.0. The van der Waals surface area contributed by atoms with Gasteiger partial charge in [0, 0.05) is 32.8 Å². The van der Waals surface area contributed by atoms with Gasteiger partial charge in [0.2, 0.25) is 15.9 Å². The second-order valence-electron chi connectivity index (χ2n) is 9.09. The summed E-state index contributed by atoms with van der Waals surface area (Å²) in [6.45, 7) is 4.67. The quantitative estimate of drug-likeness (QED) is 0.422. The molecule has 0 aliphatic carbocycles. The molecule has 3 heterocycles. The molecule has 198 valence electrons. The molecule has 1 unspecified atom stereocenters. The number of ether oxygens (including phenoxy) is 2. The highest BCUT2D eigenvalue weighted by Gasteiger charge is 2.30. The number of rotatable bonds is 12. The van der Waals surface area contributed by atoms with Crippen LogP contribution in [-0.2, 0) is 30.8 Å². The molecule has 2 aliphatic heterocycles. The summed E-state index contributed by atoms with van der Waals surface area (Å²) < 4.78 is 58.2. The highest BCUT2D eigenvalue weighted by molar-refractivity contribution is 7.89. The van der Waals surface area contributed by atoms with Crippen molar-refractivity contribution >= 4 is 15.9 Å². The minimum absolute atomic E-state index is 0.0419. The summed E-state index contributed by atoms with van der Waals surface area (Å²) in [5.74, 6) is -0.245. The van der Waals surface area contributed by atoms with E-state index in [-0.39, 0.29) is 36.5 Å². The minimum Gasteiger partial charge on any atom is -0.467 e. The van der Waals surface area contributed by atoms with Gasteiger partial charge in [0.1, 0.15) is 11.6 Å². The fraction of sp³-hybridized carbons (Fsp3) is 0.560. The molecule has 4 rings (SSSR count). The lowest BCUT2D eigenvalue weighted by atomic mass is 10.2. The van der Waals surface area contributed by atoms with Crippen LogP contribution >= 0.6 is 0 Å². The molecule has 2 aliphatic rings. The zero-order chi connectivity index (χ0) is 25.4. The zero-order valence-corrected chi connectivity index (χ0v) is 21.2. The summed E-state index contributed by atoms with van der Waals surface area (Å²) in [6.07, 6.45) is 3.78. The third-order valence-electron chi connectivity index (χ3n) is 6.48. The Labute approximate surface area is 211 Å². The number of amides is 1. The van der Waals surface area contributed by atoms with Crippen molar-refractivity contribution in [3.05, 3.63) is 54.2 Å². The normalized spacial score (nSPS) is 19.1. The highest BCUT2D eigenvalue weighted by Crippen LogP contribution is 2.20. The first-order chi connectivity index (χ1) is 17.4. The number of halogens is 1. The van der Waals surface area contributed by atoms with Gasteiger partial charge in [0.15, 0.2) is 0 Å². The molecule has 11 heteroatoms. The standard InChI is InChI=1S/C25H34FN3O6S/c26-21-6-8-24(9-7-21)36(31,32)29(11-3-10-27-12-16-33-17-13-27)20-25(30)28(18-22-4-1-14-34-22)19-23-5-2-15-35-23/h1,4,6-9,14,23H,2-3,5,10-13,15-20H2. The Bertz CT molecular complexity index is 1050. The monoisotopic (exact) mass is 523 g/mol.